The number of hydrogen-bond acceptors (Lipinski definition) is 4. The first kappa shape index (κ1) is 28.2. The minimum atomic E-state index is -0.308. The molecule has 1 fully saturated rings. The molecule has 0 aromatic heterocycles. The summed E-state index contributed by atoms with van der Waals surface area (Å²) in [6.07, 6.45) is 3.51. The fraction of sp³-hybridized carbons (Fsp3) is 0.457. The van der Waals surface area contributed by atoms with Crippen molar-refractivity contribution in [3.05, 3.63) is 94.0 Å². The van der Waals surface area contributed by atoms with E-state index < -0.39 is 0 Å². The van der Waals surface area contributed by atoms with E-state index in [0.29, 0.717) is 6.54 Å². The van der Waals surface area contributed by atoms with Crippen molar-refractivity contribution in [3.63, 3.8) is 0 Å². The molecule has 0 saturated carbocycles. The number of piperidine rings is 1. The highest BCUT2D eigenvalue weighted by Gasteiger charge is 2.45. The SMILES string of the molecule is Cc1c(C)c2c(c(C)c1N)CC(C)(C(C)N1CCC(C(=O)NCCC(c3ccccc3)c3ccccc3)CC1)O2. The molecule has 0 spiro atoms. The Labute approximate surface area is 240 Å². The number of carbonyl (C=O) groups is 1. The Bertz CT molecular complexity index is 1250. The largest absolute Gasteiger partial charge is 0.485 e. The molecule has 2 aliphatic rings. The molecule has 1 amide bonds. The van der Waals surface area contributed by atoms with E-state index >= 15 is 0 Å². The van der Waals surface area contributed by atoms with Crippen LogP contribution in [0.2, 0.25) is 0 Å². The monoisotopic (exact) mass is 539 g/mol. The second kappa shape index (κ2) is 11.7. The van der Waals surface area contributed by atoms with Crippen molar-refractivity contribution in [3.8, 4) is 5.75 Å². The Morgan fingerprint density at radius 1 is 0.975 bits per heavy atom. The molecule has 3 N–H and O–H groups in total. The number of carbonyl (C=O) groups excluding carboxylic acids is 1. The lowest BCUT2D eigenvalue weighted by molar-refractivity contribution is -0.127. The molecule has 212 valence electrons. The predicted molar refractivity (Wildman–Crippen MR) is 164 cm³/mol. The molecule has 5 rings (SSSR count). The molecule has 3 aromatic carbocycles. The zero-order chi connectivity index (χ0) is 28.4. The Morgan fingerprint density at radius 2 is 1.55 bits per heavy atom. The molecule has 2 heterocycles. The summed E-state index contributed by atoms with van der Waals surface area (Å²) in [5, 5.41) is 3.27. The van der Waals surface area contributed by atoms with Gasteiger partial charge < -0.3 is 15.8 Å². The van der Waals surface area contributed by atoms with Gasteiger partial charge in [-0.1, -0.05) is 60.7 Å². The van der Waals surface area contributed by atoms with Crippen LogP contribution in [0.25, 0.3) is 0 Å². The molecule has 0 radical (unpaired) electrons. The fourth-order valence-electron chi connectivity index (χ4n) is 6.73. The normalized spacial score (nSPS) is 20.2. The molecule has 3 aromatic rings. The number of anilines is 1. The highest BCUT2D eigenvalue weighted by Crippen LogP contribution is 2.45. The number of hydrogen-bond donors (Lipinski definition) is 2. The zero-order valence-electron chi connectivity index (χ0n) is 24.8. The Kier molecular flexibility index (Phi) is 8.23. The van der Waals surface area contributed by atoms with E-state index in [1.807, 2.05) is 0 Å². The van der Waals surface area contributed by atoms with E-state index in [2.05, 4.69) is 105 Å². The number of rotatable bonds is 8. The first-order valence-electron chi connectivity index (χ1n) is 14.9. The molecular formula is C35H45N3O2. The van der Waals surface area contributed by atoms with Gasteiger partial charge in [0.15, 0.2) is 0 Å². The van der Waals surface area contributed by atoms with Gasteiger partial charge in [-0.25, -0.2) is 0 Å². The summed E-state index contributed by atoms with van der Waals surface area (Å²) >= 11 is 0. The number of nitrogens with two attached hydrogens (primary N) is 1. The van der Waals surface area contributed by atoms with Gasteiger partial charge in [-0.15, -0.1) is 0 Å². The van der Waals surface area contributed by atoms with Crippen molar-refractivity contribution in [1.82, 2.24) is 10.2 Å². The third kappa shape index (κ3) is 5.49. The predicted octanol–water partition coefficient (Wildman–Crippen LogP) is 6.33. The van der Waals surface area contributed by atoms with E-state index in [1.54, 1.807) is 0 Å². The Hall–Kier alpha value is -3.31. The topological polar surface area (TPSA) is 67.6 Å². The third-order valence-electron chi connectivity index (χ3n) is 9.77. The molecule has 0 bridgehead atoms. The summed E-state index contributed by atoms with van der Waals surface area (Å²) in [5.74, 6) is 1.56. The zero-order valence-corrected chi connectivity index (χ0v) is 24.8. The highest BCUT2D eigenvalue weighted by atomic mass is 16.5. The lowest BCUT2D eigenvalue weighted by Crippen LogP contribution is -2.55. The minimum Gasteiger partial charge on any atom is -0.485 e. The van der Waals surface area contributed by atoms with Crippen LogP contribution in [0.15, 0.2) is 60.7 Å². The first-order valence-corrected chi connectivity index (χ1v) is 14.9. The fourth-order valence-corrected chi connectivity index (χ4v) is 6.73. The van der Waals surface area contributed by atoms with Crippen LogP contribution < -0.4 is 15.8 Å². The number of fused-ring (bicyclic) bond motifs is 1. The van der Waals surface area contributed by atoms with E-state index in [9.17, 15) is 4.79 Å². The summed E-state index contributed by atoms with van der Waals surface area (Å²) in [5.41, 5.74) is 14.3. The number of nitrogens with zero attached hydrogens (tertiary/aromatic N) is 1. The quantitative estimate of drug-likeness (QED) is 0.329. The van der Waals surface area contributed by atoms with Crippen LogP contribution >= 0.6 is 0 Å². The smallest absolute Gasteiger partial charge is 0.223 e. The Balaban J connectivity index is 1.15. The van der Waals surface area contributed by atoms with Gasteiger partial charge in [0.25, 0.3) is 0 Å². The average Bonchev–Trinajstić information content (AvgIpc) is 3.36. The van der Waals surface area contributed by atoms with Gasteiger partial charge in [-0.05, 0) is 94.8 Å². The number of benzene rings is 3. The number of ether oxygens (including phenoxy) is 1. The molecule has 40 heavy (non-hydrogen) atoms. The molecular weight excluding hydrogens is 494 g/mol. The number of likely N-dealkylation sites (tertiary alicyclic amines) is 1. The summed E-state index contributed by atoms with van der Waals surface area (Å²) < 4.78 is 6.70. The number of nitrogens with one attached hydrogen (secondary N) is 1. The van der Waals surface area contributed by atoms with Crippen molar-refractivity contribution in [2.24, 2.45) is 5.92 Å². The average molecular weight is 540 g/mol. The van der Waals surface area contributed by atoms with Crippen LogP contribution in [0.4, 0.5) is 5.69 Å². The van der Waals surface area contributed by atoms with Crippen molar-refractivity contribution in [2.75, 3.05) is 25.4 Å². The van der Waals surface area contributed by atoms with Gasteiger partial charge >= 0.3 is 0 Å². The summed E-state index contributed by atoms with van der Waals surface area (Å²) in [6.45, 7) is 13.3. The molecule has 1 saturated heterocycles. The van der Waals surface area contributed by atoms with Crippen molar-refractivity contribution >= 4 is 11.6 Å². The molecule has 5 nitrogen and oxygen atoms in total. The van der Waals surface area contributed by atoms with Gasteiger partial charge in [0.1, 0.15) is 11.4 Å². The standard InChI is InChI=1S/C35H45N3O2/c1-23-24(2)33-31(25(3)32(23)36)22-35(5,40-33)26(4)38-20-17-29(18-21-38)34(39)37-19-16-30(27-12-8-6-9-13-27)28-14-10-7-11-15-28/h6-15,26,29-30H,16-22,36H2,1-5H3,(H,37,39). The summed E-state index contributed by atoms with van der Waals surface area (Å²) in [4.78, 5) is 15.7. The number of nitrogen functional groups attached to an aromatic ring is 1. The third-order valence-corrected chi connectivity index (χ3v) is 9.77. The maximum atomic E-state index is 13.2. The lowest BCUT2D eigenvalue weighted by Gasteiger charge is -2.42. The first-order chi connectivity index (χ1) is 19.2. The van der Waals surface area contributed by atoms with Crippen LogP contribution in [-0.4, -0.2) is 42.1 Å². The molecule has 2 aliphatic heterocycles. The lowest BCUT2D eigenvalue weighted by atomic mass is 9.86. The van der Waals surface area contributed by atoms with E-state index in [4.69, 9.17) is 10.5 Å². The second-order valence-electron chi connectivity index (χ2n) is 12.1. The summed E-state index contributed by atoms with van der Waals surface area (Å²) in [6, 6.07) is 21.4. The number of amides is 1. The molecule has 0 aliphatic carbocycles. The second-order valence-corrected chi connectivity index (χ2v) is 12.1. The van der Waals surface area contributed by atoms with Crippen LogP contribution in [0.1, 0.15) is 72.4 Å². The molecule has 5 heteroatoms. The molecule has 2 atom stereocenters. The minimum absolute atomic E-state index is 0.0665. The van der Waals surface area contributed by atoms with Crippen LogP contribution in [0, 0.1) is 26.7 Å². The van der Waals surface area contributed by atoms with E-state index in [-0.39, 0.29) is 29.4 Å². The van der Waals surface area contributed by atoms with Crippen LogP contribution in [-0.2, 0) is 11.2 Å². The maximum absolute atomic E-state index is 13.2. The van der Waals surface area contributed by atoms with E-state index in [0.717, 1.165) is 66.9 Å². The van der Waals surface area contributed by atoms with E-state index in [1.165, 1.54) is 16.7 Å². The molecule has 2 unspecified atom stereocenters. The Morgan fingerprint density at radius 3 is 2.12 bits per heavy atom. The summed E-state index contributed by atoms with van der Waals surface area (Å²) in [7, 11) is 0. The van der Waals surface area contributed by atoms with Crippen molar-refractivity contribution in [2.45, 2.75) is 77.9 Å². The van der Waals surface area contributed by atoms with Crippen LogP contribution in [0.3, 0.4) is 0 Å². The van der Waals surface area contributed by atoms with Crippen molar-refractivity contribution < 1.29 is 9.53 Å². The van der Waals surface area contributed by atoms with Crippen LogP contribution in [0.5, 0.6) is 5.75 Å². The van der Waals surface area contributed by atoms with Crippen molar-refractivity contribution in [1.29, 1.82) is 0 Å². The van der Waals surface area contributed by atoms with Gasteiger partial charge in [-0.3, -0.25) is 9.69 Å². The van der Waals surface area contributed by atoms with Gasteiger partial charge in [-0.2, -0.15) is 0 Å². The maximum Gasteiger partial charge on any atom is 0.223 e. The van der Waals surface area contributed by atoms with Gasteiger partial charge in [0.2, 0.25) is 5.91 Å². The van der Waals surface area contributed by atoms with Gasteiger partial charge in [0, 0.05) is 42.1 Å². The van der Waals surface area contributed by atoms with Gasteiger partial charge in [0.05, 0.1) is 0 Å². The highest BCUT2D eigenvalue weighted by molar-refractivity contribution is 5.78.